The van der Waals surface area contributed by atoms with Gasteiger partial charge in [0.05, 0.1) is 12.6 Å². The Labute approximate surface area is 154 Å². The number of carbonyl (C=O) groups is 1. The molecule has 0 saturated heterocycles. The molecule has 0 aliphatic rings. The highest BCUT2D eigenvalue weighted by Crippen LogP contribution is 2.33. The van der Waals surface area contributed by atoms with Crippen molar-refractivity contribution in [3.8, 4) is 16.9 Å². The van der Waals surface area contributed by atoms with Gasteiger partial charge < -0.3 is 10.1 Å². The molecule has 0 unspecified atom stereocenters. The molecule has 0 bridgehead atoms. The van der Waals surface area contributed by atoms with Crippen LogP contribution in [0.25, 0.3) is 22.0 Å². The molecule has 0 aliphatic heterocycles. The molecule has 1 heterocycles. The molecule has 1 aromatic heterocycles. The largest absolute Gasteiger partial charge is 0.497 e. The van der Waals surface area contributed by atoms with Crippen LogP contribution in [0.2, 0.25) is 0 Å². The standard InChI is InChI=1S/C22H24N2O2/c1-22(2,3)15-8-6-14(7-9-15)17-13-20(21(25)23-4)24-19-11-10-16(26-5)12-18(17)19/h6-13H,1-5H3,(H,23,25). The summed E-state index contributed by atoms with van der Waals surface area (Å²) < 4.78 is 5.37. The summed E-state index contributed by atoms with van der Waals surface area (Å²) in [6, 6.07) is 16.0. The number of aromatic nitrogens is 1. The maximum atomic E-state index is 12.2. The van der Waals surface area contributed by atoms with Crippen LogP contribution in [-0.2, 0) is 5.41 Å². The molecule has 0 saturated carbocycles. The normalized spacial score (nSPS) is 11.4. The monoisotopic (exact) mass is 348 g/mol. The molecule has 3 rings (SSSR count). The zero-order chi connectivity index (χ0) is 18.9. The van der Waals surface area contributed by atoms with Crippen LogP contribution < -0.4 is 10.1 Å². The minimum Gasteiger partial charge on any atom is -0.497 e. The lowest BCUT2D eigenvalue weighted by Gasteiger charge is -2.19. The molecule has 0 spiro atoms. The maximum absolute atomic E-state index is 12.2. The Morgan fingerprint density at radius 3 is 2.31 bits per heavy atom. The SMILES string of the molecule is CNC(=O)c1cc(-c2ccc(C(C)(C)C)cc2)c2cc(OC)ccc2n1. The molecule has 134 valence electrons. The molecule has 0 fully saturated rings. The molecule has 26 heavy (non-hydrogen) atoms. The second kappa shape index (κ2) is 6.79. The summed E-state index contributed by atoms with van der Waals surface area (Å²) in [5.74, 6) is 0.565. The van der Waals surface area contributed by atoms with Crippen LogP contribution in [0, 0.1) is 0 Å². The van der Waals surface area contributed by atoms with Crippen molar-refractivity contribution in [2.45, 2.75) is 26.2 Å². The van der Waals surface area contributed by atoms with E-state index in [4.69, 9.17) is 4.74 Å². The highest BCUT2D eigenvalue weighted by molar-refractivity contribution is 6.01. The Kier molecular flexibility index (Phi) is 4.68. The van der Waals surface area contributed by atoms with Crippen molar-refractivity contribution < 1.29 is 9.53 Å². The predicted molar refractivity (Wildman–Crippen MR) is 106 cm³/mol. The molecule has 4 heteroatoms. The van der Waals surface area contributed by atoms with Crippen LogP contribution in [0.15, 0.2) is 48.5 Å². The molecule has 4 nitrogen and oxygen atoms in total. The van der Waals surface area contributed by atoms with E-state index in [1.54, 1.807) is 14.2 Å². The van der Waals surface area contributed by atoms with Crippen LogP contribution in [-0.4, -0.2) is 25.0 Å². The van der Waals surface area contributed by atoms with Crippen LogP contribution in [0.5, 0.6) is 5.75 Å². The average molecular weight is 348 g/mol. The first-order chi connectivity index (χ1) is 12.3. The number of hydrogen-bond acceptors (Lipinski definition) is 3. The molecule has 0 atom stereocenters. The first-order valence-electron chi connectivity index (χ1n) is 8.65. The predicted octanol–water partition coefficient (Wildman–Crippen LogP) is 4.57. The summed E-state index contributed by atoms with van der Waals surface area (Å²) >= 11 is 0. The fourth-order valence-corrected chi connectivity index (χ4v) is 2.96. The number of pyridine rings is 1. The van der Waals surface area contributed by atoms with Gasteiger partial charge in [-0.15, -0.1) is 0 Å². The maximum Gasteiger partial charge on any atom is 0.269 e. The average Bonchev–Trinajstić information content (AvgIpc) is 2.65. The minimum absolute atomic E-state index is 0.0926. The van der Waals surface area contributed by atoms with Crippen LogP contribution in [0.1, 0.15) is 36.8 Å². The van der Waals surface area contributed by atoms with Gasteiger partial charge >= 0.3 is 0 Å². The Bertz CT molecular complexity index is 954. The van der Waals surface area contributed by atoms with Crippen LogP contribution in [0.3, 0.4) is 0 Å². The Morgan fingerprint density at radius 1 is 1.04 bits per heavy atom. The molecule has 1 amide bonds. The van der Waals surface area contributed by atoms with Crippen molar-refractivity contribution >= 4 is 16.8 Å². The summed E-state index contributed by atoms with van der Waals surface area (Å²) in [4.78, 5) is 16.6. The topological polar surface area (TPSA) is 51.2 Å². The van der Waals surface area contributed by atoms with Crippen molar-refractivity contribution in [3.63, 3.8) is 0 Å². The Hall–Kier alpha value is -2.88. The quantitative estimate of drug-likeness (QED) is 0.754. The van der Waals surface area contributed by atoms with Gasteiger partial charge in [-0.1, -0.05) is 45.0 Å². The number of benzene rings is 2. The summed E-state index contributed by atoms with van der Waals surface area (Å²) in [6.45, 7) is 6.58. The Morgan fingerprint density at radius 2 is 1.73 bits per heavy atom. The molecule has 1 N–H and O–H groups in total. The van der Waals surface area contributed by atoms with E-state index in [-0.39, 0.29) is 11.3 Å². The number of nitrogens with one attached hydrogen (secondary N) is 1. The van der Waals surface area contributed by atoms with E-state index in [1.807, 2.05) is 24.3 Å². The highest BCUT2D eigenvalue weighted by Gasteiger charge is 2.16. The number of nitrogens with zero attached hydrogens (tertiary/aromatic N) is 1. The lowest BCUT2D eigenvalue weighted by molar-refractivity contribution is 0.0958. The van der Waals surface area contributed by atoms with E-state index in [1.165, 1.54) is 5.56 Å². The number of rotatable bonds is 3. The zero-order valence-corrected chi connectivity index (χ0v) is 15.9. The second-order valence-corrected chi connectivity index (χ2v) is 7.34. The van der Waals surface area contributed by atoms with E-state index in [0.29, 0.717) is 5.69 Å². The van der Waals surface area contributed by atoms with Gasteiger partial charge in [0.15, 0.2) is 0 Å². The number of ether oxygens (including phenoxy) is 1. The first kappa shape index (κ1) is 17.9. The van der Waals surface area contributed by atoms with Gasteiger partial charge in [0, 0.05) is 12.4 Å². The third kappa shape index (κ3) is 3.40. The Balaban J connectivity index is 2.23. The molecule has 2 aromatic carbocycles. The van der Waals surface area contributed by atoms with Gasteiger partial charge in [0.2, 0.25) is 0 Å². The van der Waals surface area contributed by atoms with Crippen LogP contribution in [0.4, 0.5) is 0 Å². The number of amides is 1. The summed E-state index contributed by atoms with van der Waals surface area (Å²) in [6.07, 6.45) is 0. The second-order valence-electron chi connectivity index (χ2n) is 7.34. The number of carbonyl (C=O) groups excluding carboxylic acids is 1. The summed E-state index contributed by atoms with van der Waals surface area (Å²) in [7, 11) is 3.26. The third-order valence-electron chi connectivity index (χ3n) is 4.54. The van der Waals surface area contributed by atoms with Crippen molar-refractivity contribution in [1.82, 2.24) is 10.3 Å². The van der Waals surface area contributed by atoms with Crippen molar-refractivity contribution in [2.24, 2.45) is 0 Å². The van der Waals surface area contributed by atoms with Crippen molar-refractivity contribution in [1.29, 1.82) is 0 Å². The van der Waals surface area contributed by atoms with Crippen LogP contribution >= 0.6 is 0 Å². The van der Waals surface area contributed by atoms with Crippen molar-refractivity contribution in [2.75, 3.05) is 14.2 Å². The van der Waals surface area contributed by atoms with Gasteiger partial charge in [-0.05, 0) is 46.4 Å². The minimum atomic E-state index is -0.199. The van der Waals surface area contributed by atoms with Gasteiger partial charge in [0.1, 0.15) is 11.4 Å². The fraction of sp³-hybridized carbons (Fsp3) is 0.273. The van der Waals surface area contributed by atoms with E-state index in [9.17, 15) is 4.79 Å². The third-order valence-corrected chi connectivity index (χ3v) is 4.54. The van der Waals surface area contributed by atoms with E-state index >= 15 is 0 Å². The number of hydrogen-bond donors (Lipinski definition) is 1. The molecule has 0 aliphatic carbocycles. The van der Waals surface area contributed by atoms with E-state index in [2.05, 4.69) is 55.3 Å². The van der Waals surface area contributed by atoms with Gasteiger partial charge in [-0.25, -0.2) is 4.98 Å². The molecule has 0 radical (unpaired) electrons. The number of fused-ring (bicyclic) bond motifs is 1. The van der Waals surface area contributed by atoms with Crippen molar-refractivity contribution in [3.05, 3.63) is 59.8 Å². The lowest BCUT2D eigenvalue weighted by atomic mass is 9.86. The van der Waals surface area contributed by atoms with E-state index in [0.717, 1.165) is 27.8 Å². The zero-order valence-electron chi connectivity index (χ0n) is 15.9. The van der Waals surface area contributed by atoms with Gasteiger partial charge in [0.25, 0.3) is 5.91 Å². The molecule has 3 aromatic rings. The summed E-state index contributed by atoms with van der Waals surface area (Å²) in [5.41, 5.74) is 4.54. The highest BCUT2D eigenvalue weighted by atomic mass is 16.5. The molecular formula is C22H24N2O2. The smallest absolute Gasteiger partial charge is 0.269 e. The fourth-order valence-electron chi connectivity index (χ4n) is 2.96. The first-order valence-corrected chi connectivity index (χ1v) is 8.65. The molecular weight excluding hydrogens is 324 g/mol. The number of methoxy groups -OCH3 is 1. The van der Waals surface area contributed by atoms with Gasteiger partial charge in [-0.3, -0.25) is 4.79 Å². The lowest BCUT2D eigenvalue weighted by Crippen LogP contribution is -2.19. The summed E-state index contributed by atoms with van der Waals surface area (Å²) in [5, 5.41) is 3.61. The van der Waals surface area contributed by atoms with E-state index < -0.39 is 0 Å². The van der Waals surface area contributed by atoms with Gasteiger partial charge in [-0.2, -0.15) is 0 Å².